The zero-order valence-corrected chi connectivity index (χ0v) is 23.6. The van der Waals surface area contributed by atoms with Crippen LogP contribution in [0.25, 0.3) is 0 Å². The number of hydrogen-bond donors (Lipinski definition) is 4. The molecule has 9 atom stereocenters. The molecule has 218 valence electrons. The molecule has 4 N–H and O–H groups in total. The van der Waals surface area contributed by atoms with Crippen LogP contribution in [0.4, 0.5) is 0 Å². The van der Waals surface area contributed by atoms with Crippen LogP contribution in [0.5, 0.6) is 0 Å². The van der Waals surface area contributed by atoms with Gasteiger partial charge in [-0.15, -0.1) is 0 Å². The lowest BCUT2D eigenvalue weighted by atomic mass is 9.38. The van der Waals surface area contributed by atoms with Crippen molar-refractivity contribution >= 4 is 11.9 Å². The summed E-state index contributed by atoms with van der Waals surface area (Å²) in [7, 11) is 0. The fourth-order valence-electron chi connectivity index (χ4n) is 8.79. The van der Waals surface area contributed by atoms with Crippen LogP contribution in [0, 0.1) is 16.7 Å². The van der Waals surface area contributed by atoms with Gasteiger partial charge in [0, 0.05) is 17.8 Å². The highest BCUT2D eigenvalue weighted by molar-refractivity contribution is 5.90. The van der Waals surface area contributed by atoms with E-state index >= 15 is 0 Å². The number of esters is 2. The summed E-state index contributed by atoms with van der Waals surface area (Å²) in [6.45, 7) is 9.70. The van der Waals surface area contributed by atoms with E-state index in [9.17, 15) is 30.0 Å². The number of benzene rings is 1. The van der Waals surface area contributed by atoms with Crippen LogP contribution in [0.15, 0.2) is 41.5 Å². The lowest BCUT2D eigenvalue weighted by Gasteiger charge is -2.71. The van der Waals surface area contributed by atoms with Gasteiger partial charge < -0.3 is 39.4 Å². The number of aliphatic hydroxyl groups is 4. The Hall–Kier alpha value is -2.34. The van der Waals surface area contributed by atoms with E-state index in [2.05, 4.69) is 0 Å². The average Bonchev–Trinajstić information content (AvgIpc) is 3.35. The van der Waals surface area contributed by atoms with E-state index in [4.69, 9.17) is 18.9 Å². The monoisotopic (exact) mass is 558 g/mol. The van der Waals surface area contributed by atoms with Gasteiger partial charge in [0.05, 0.1) is 35.9 Å². The van der Waals surface area contributed by atoms with Gasteiger partial charge >= 0.3 is 11.9 Å². The van der Waals surface area contributed by atoms with Crippen LogP contribution in [0.3, 0.4) is 0 Å². The molecular weight excluding hydrogens is 520 g/mol. The van der Waals surface area contributed by atoms with Gasteiger partial charge in [0.1, 0.15) is 17.3 Å². The summed E-state index contributed by atoms with van der Waals surface area (Å²) >= 11 is 0. The van der Waals surface area contributed by atoms with E-state index in [1.165, 1.54) is 6.92 Å². The van der Waals surface area contributed by atoms with Gasteiger partial charge in [-0.05, 0) is 64.3 Å². The molecular formula is C30H38O10. The number of aliphatic hydroxyl groups excluding tert-OH is 3. The van der Waals surface area contributed by atoms with Crippen molar-refractivity contribution in [1.29, 1.82) is 0 Å². The van der Waals surface area contributed by atoms with E-state index in [0.717, 1.165) is 0 Å². The normalized spacial score (nSPS) is 46.5. The summed E-state index contributed by atoms with van der Waals surface area (Å²) in [5.41, 5.74) is -7.67. The topological polar surface area (TPSA) is 152 Å². The van der Waals surface area contributed by atoms with Gasteiger partial charge in [-0.1, -0.05) is 25.1 Å². The SMILES string of the molecule is CC1=C2[C@]3(O)C(=O)OC(C)(C)[C@]2(C[C@@H]1O)[C@@H](O)C1[C@@]3(C)[C@@H](O)C[C@H](OC(=O)c2ccccc2)[C@@]12COC(C)(C)O2. The van der Waals surface area contributed by atoms with Crippen LogP contribution in [-0.4, -0.2) is 86.0 Å². The van der Waals surface area contributed by atoms with E-state index in [-0.39, 0.29) is 25.0 Å². The van der Waals surface area contributed by atoms with Crippen molar-refractivity contribution in [3.8, 4) is 0 Å². The Kier molecular flexibility index (Phi) is 5.66. The van der Waals surface area contributed by atoms with E-state index in [1.54, 1.807) is 65.0 Å². The van der Waals surface area contributed by atoms with Crippen molar-refractivity contribution in [3.63, 3.8) is 0 Å². The largest absolute Gasteiger partial charge is 0.456 e. The molecule has 0 aromatic heterocycles. The minimum Gasteiger partial charge on any atom is -0.456 e. The molecule has 1 aromatic carbocycles. The first-order chi connectivity index (χ1) is 18.5. The molecule has 5 aliphatic rings. The van der Waals surface area contributed by atoms with Gasteiger partial charge in [-0.25, -0.2) is 9.59 Å². The summed E-state index contributed by atoms with van der Waals surface area (Å²) in [5, 5.41) is 48.1. The number of carbonyl (C=O) groups is 2. The molecule has 10 nitrogen and oxygen atoms in total. The first-order valence-electron chi connectivity index (χ1n) is 13.8. The average molecular weight is 559 g/mol. The maximum Gasteiger partial charge on any atom is 0.343 e. The molecule has 0 amide bonds. The minimum atomic E-state index is -2.41. The number of hydrogen-bond acceptors (Lipinski definition) is 10. The Balaban J connectivity index is 1.59. The van der Waals surface area contributed by atoms with E-state index < -0.39 is 75.7 Å². The summed E-state index contributed by atoms with van der Waals surface area (Å²) in [6, 6.07) is 8.38. The molecule has 1 unspecified atom stereocenters. The Bertz CT molecular complexity index is 1300. The Morgan fingerprint density at radius 3 is 2.30 bits per heavy atom. The predicted molar refractivity (Wildman–Crippen MR) is 139 cm³/mol. The molecule has 2 saturated carbocycles. The van der Waals surface area contributed by atoms with Crippen LogP contribution >= 0.6 is 0 Å². The molecule has 4 fully saturated rings. The molecule has 0 radical (unpaired) electrons. The van der Waals surface area contributed by atoms with Gasteiger partial charge in [0.25, 0.3) is 0 Å². The highest BCUT2D eigenvalue weighted by atomic mass is 16.8. The number of rotatable bonds is 2. The summed E-state index contributed by atoms with van der Waals surface area (Å²) in [4.78, 5) is 27.2. The zero-order chi connectivity index (χ0) is 29.3. The predicted octanol–water partition coefficient (Wildman–Crippen LogP) is 1.63. The molecule has 10 heteroatoms. The van der Waals surface area contributed by atoms with E-state index in [0.29, 0.717) is 11.1 Å². The number of cyclic esters (lactones) is 1. The van der Waals surface area contributed by atoms with Crippen molar-refractivity contribution in [2.75, 3.05) is 6.61 Å². The van der Waals surface area contributed by atoms with Crippen molar-refractivity contribution in [3.05, 3.63) is 47.0 Å². The van der Waals surface area contributed by atoms with Crippen LogP contribution in [0.2, 0.25) is 0 Å². The van der Waals surface area contributed by atoms with Gasteiger partial charge in [0.2, 0.25) is 0 Å². The van der Waals surface area contributed by atoms with Gasteiger partial charge in [-0.3, -0.25) is 0 Å². The zero-order valence-electron chi connectivity index (χ0n) is 23.6. The third-order valence-corrected chi connectivity index (χ3v) is 10.7. The van der Waals surface area contributed by atoms with Crippen molar-refractivity contribution < 1.29 is 49.0 Å². The second-order valence-corrected chi connectivity index (χ2v) is 13.3. The molecule has 3 aliphatic carbocycles. The van der Waals surface area contributed by atoms with Crippen LogP contribution in [0.1, 0.15) is 64.7 Å². The highest BCUT2D eigenvalue weighted by Gasteiger charge is 2.86. The van der Waals surface area contributed by atoms with Crippen molar-refractivity contribution in [1.82, 2.24) is 0 Å². The second-order valence-electron chi connectivity index (χ2n) is 13.3. The van der Waals surface area contributed by atoms with Crippen LogP contribution < -0.4 is 0 Å². The molecule has 2 heterocycles. The number of fused-ring (bicyclic) bond motifs is 3. The maximum atomic E-state index is 13.9. The minimum absolute atomic E-state index is 0.0185. The van der Waals surface area contributed by atoms with Crippen molar-refractivity contribution in [2.45, 2.75) is 101 Å². The molecule has 2 bridgehead atoms. The summed E-state index contributed by atoms with van der Waals surface area (Å²) < 4.78 is 24.5. The first-order valence-corrected chi connectivity index (χ1v) is 13.8. The first kappa shape index (κ1) is 27.8. The third-order valence-electron chi connectivity index (χ3n) is 10.7. The van der Waals surface area contributed by atoms with Gasteiger partial charge in [-0.2, -0.15) is 0 Å². The molecule has 1 aromatic rings. The van der Waals surface area contributed by atoms with Crippen molar-refractivity contribution in [2.24, 2.45) is 16.7 Å². The maximum absolute atomic E-state index is 13.9. The smallest absolute Gasteiger partial charge is 0.343 e. The molecule has 1 spiro atoms. The summed E-state index contributed by atoms with van der Waals surface area (Å²) in [6.07, 6.45) is -5.26. The Labute approximate surface area is 232 Å². The fourth-order valence-corrected chi connectivity index (χ4v) is 8.79. The van der Waals surface area contributed by atoms with Crippen LogP contribution in [-0.2, 0) is 23.7 Å². The van der Waals surface area contributed by atoms with E-state index in [1.807, 2.05) is 0 Å². The highest BCUT2D eigenvalue weighted by Crippen LogP contribution is 2.74. The lowest BCUT2D eigenvalue weighted by Crippen LogP contribution is -2.85. The second kappa shape index (κ2) is 8.14. The number of ether oxygens (including phenoxy) is 4. The molecule has 6 rings (SSSR count). The molecule has 2 saturated heterocycles. The fraction of sp³-hybridized carbons (Fsp3) is 0.667. The number of carbonyl (C=O) groups excluding carboxylic acids is 2. The standard InChI is InChI=1S/C30H38O10/c1-15-17(31)13-28-20(15)30(36,24(35)39-25(28,2)3)27(6)18(32)12-19(38-23(34)16-10-8-7-9-11-16)29(21(27)22(28)33)14-37-26(4,5)40-29/h7-11,17-19,21-22,31-33,36H,12-14H2,1-6H3/t17-,18-,19-,21?,22-,27+,28-,29-,30-/m0/s1. The third kappa shape index (κ3) is 3.04. The quantitative estimate of drug-likeness (QED) is 0.311. The Morgan fingerprint density at radius 2 is 1.70 bits per heavy atom. The molecule has 40 heavy (non-hydrogen) atoms. The molecule has 2 aliphatic heterocycles. The Morgan fingerprint density at radius 1 is 1.05 bits per heavy atom. The van der Waals surface area contributed by atoms with Gasteiger partial charge in [0.15, 0.2) is 11.4 Å². The summed E-state index contributed by atoms with van der Waals surface area (Å²) in [5.74, 6) is -3.97. The lowest BCUT2D eigenvalue weighted by molar-refractivity contribution is -0.343.